The molecule has 1 saturated heterocycles. The molecule has 2 aliphatic rings. The molecule has 16 heavy (non-hydrogen) atoms. The number of piperidine rings is 1. The molecule has 0 bridgehead atoms. The van der Waals surface area contributed by atoms with Crippen molar-refractivity contribution in [3.63, 3.8) is 0 Å². The summed E-state index contributed by atoms with van der Waals surface area (Å²) in [5, 5.41) is 6.57. The summed E-state index contributed by atoms with van der Waals surface area (Å²) >= 11 is 0. The normalized spacial score (nSPS) is 39.6. The summed E-state index contributed by atoms with van der Waals surface area (Å²) in [5.41, 5.74) is 0. The van der Waals surface area contributed by atoms with Crippen molar-refractivity contribution in [1.82, 2.24) is 10.6 Å². The van der Waals surface area contributed by atoms with E-state index in [-0.39, 0.29) is 11.9 Å². The third-order valence-electron chi connectivity index (χ3n) is 4.24. The Labute approximate surface area is 98.4 Å². The standard InChI is InChI=1S/C13H24N2O/c1-9-5-3-7-11(9)15-13(16)12-10(2)6-4-8-14-12/h9-12,14H,3-8H2,1-2H3,(H,15,16). The summed E-state index contributed by atoms with van der Waals surface area (Å²) in [6.45, 7) is 5.41. The predicted molar refractivity (Wildman–Crippen MR) is 65.1 cm³/mol. The smallest absolute Gasteiger partial charge is 0.237 e. The second-order valence-corrected chi connectivity index (χ2v) is 5.57. The topological polar surface area (TPSA) is 41.1 Å². The highest BCUT2D eigenvalue weighted by molar-refractivity contribution is 5.82. The number of hydrogen-bond donors (Lipinski definition) is 2. The van der Waals surface area contributed by atoms with Gasteiger partial charge >= 0.3 is 0 Å². The van der Waals surface area contributed by atoms with Gasteiger partial charge in [-0.3, -0.25) is 4.79 Å². The molecule has 2 rings (SSSR count). The van der Waals surface area contributed by atoms with Crippen LogP contribution in [0.1, 0.15) is 46.0 Å². The average Bonchev–Trinajstić information content (AvgIpc) is 2.65. The lowest BCUT2D eigenvalue weighted by atomic mass is 9.91. The van der Waals surface area contributed by atoms with Gasteiger partial charge in [-0.2, -0.15) is 0 Å². The average molecular weight is 224 g/mol. The van der Waals surface area contributed by atoms with Gasteiger partial charge in [-0.15, -0.1) is 0 Å². The van der Waals surface area contributed by atoms with E-state index in [9.17, 15) is 4.79 Å². The first-order valence-corrected chi connectivity index (χ1v) is 6.72. The molecule has 0 aromatic heterocycles. The molecule has 1 aliphatic heterocycles. The Bertz CT molecular complexity index is 254. The molecule has 0 radical (unpaired) electrons. The van der Waals surface area contributed by atoms with Crippen LogP contribution in [0.25, 0.3) is 0 Å². The molecule has 92 valence electrons. The second kappa shape index (κ2) is 5.17. The van der Waals surface area contributed by atoms with Gasteiger partial charge in [0.25, 0.3) is 0 Å². The Morgan fingerprint density at radius 2 is 1.88 bits per heavy atom. The molecule has 0 aromatic carbocycles. The zero-order valence-corrected chi connectivity index (χ0v) is 10.5. The van der Waals surface area contributed by atoms with Crippen LogP contribution >= 0.6 is 0 Å². The van der Waals surface area contributed by atoms with E-state index >= 15 is 0 Å². The molecular formula is C13H24N2O. The van der Waals surface area contributed by atoms with Crippen molar-refractivity contribution in [1.29, 1.82) is 0 Å². The number of nitrogens with one attached hydrogen (secondary N) is 2. The van der Waals surface area contributed by atoms with Crippen LogP contribution in [-0.2, 0) is 4.79 Å². The monoisotopic (exact) mass is 224 g/mol. The zero-order chi connectivity index (χ0) is 11.5. The van der Waals surface area contributed by atoms with Crippen LogP contribution in [0.5, 0.6) is 0 Å². The lowest BCUT2D eigenvalue weighted by Crippen LogP contribution is -2.53. The van der Waals surface area contributed by atoms with Crippen molar-refractivity contribution >= 4 is 5.91 Å². The number of rotatable bonds is 2. The first kappa shape index (κ1) is 11.9. The molecule has 2 N–H and O–H groups in total. The Morgan fingerprint density at radius 3 is 2.50 bits per heavy atom. The lowest BCUT2D eigenvalue weighted by molar-refractivity contribution is -0.125. The molecule has 1 heterocycles. The quantitative estimate of drug-likeness (QED) is 0.749. The van der Waals surface area contributed by atoms with Crippen molar-refractivity contribution in [2.45, 2.75) is 58.0 Å². The summed E-state index contributed by atoms with van der Waals surface area (Å²) < 4.78 is 0. The van der Waals surface area contributed by atoms with Crippen LogP contribution < -0.4 is 10.6 Å². The maximum absolute atomic E-state index is 12.1. The summed E-state index contributed by atoms with van der Waals surface area (Å²) in [5.74, 6) is 1.36. The van der Waals surface area contributed by atoms with Gasteiger partial charge < -0.3 is 10.6 Å². The first-order valence-electron chi connectivity index (χ1n) is 6.72. The van der Waals surface area contributed by atoms with Gasteiger partial charge in [0.1, 0.15) is 0 Å². The largest absolute Gasteiger partial charge is 0.352 e. The Morgan fingerprint density at radius 1 is 1.12 bits per heavy atom. The molecule has 1 aliphatic carbocycles. The van der Waals surface area contributed by atoms with Crippen molar-refractivity contribution in [3.05, 3.63) is 0 Å². The first-order chi connectivity index (χ1) is 7.68. The zero-order valence-electron chi connectivity index (χ0n) is 10.5. The fourth-order valence-corrected chi connectivity index (χ4v) is 3.03. The third-order valence-corrected chi connectivity index (χ3v) is 4.24. The maximum Gasteiger partial charge on any atom is 0.237 e. The summed E-state index contributed by atoms with van der Waals surface area (Å²) in [7, 11) is 0. The molecule has 3 heteroatoms. The molecule has 4 atom stereocenters. The van der Waals surface area contributed by atoms with Gasteiger partial charge in [0.2, 0.25) is 5.91 Å². The Balaban J connectivity index is 1.86. The highest BCUT2D eigenvalue weighted by atomic mass is 16.2. The fraction of sp³-hybridized carbons (Fsp3) is 0.923. The summed E-state index contributed by atoms with van der Waals surface area (Å²) in [6.07, 6.45) is 6.06. The minimum atomic E-state index is 0.0431. The highest BCUT2D eigenvalue weighted by Crippen LogP contribution is 2.25. The van der Waals surface area contributed by atoms with Gasteiger partial charge in [0.05, 0.1) is 6.04 Å². The van der Waals surface area contributed by atoms with E-state index in [1.165, 1.54) is 25.7 Å². The van der Waals surface area contributed by atoms with Crippen LogP contribution in [-0.4, -0.2) is 24.5 Å². The molecule has 4 unspecified atom stereocenters. The molecule has 3 nitrogen and oxygen atoms in total. The van der Waals surface area contributed by atoms with Gasteiger partial charge in [0, 0.05) is 6.04 Å². The van der Waals surface area contributed by atoms with Gasteiger partial charge in [-0.25, -0.2) is 0 Å². The lowest BCUT2D eigenvalue weighted by Gasteiger charge is -2.30. The fourth-order valence-electron chi connectivity index (χ4n) is 3.03. The SMILES string of the molecule is CC1CCCC1NC(=O)C1NCCCC1C. The van der Waals surface area contributed by atoms with E-state index in [0.29, 0.717) is 17.9 Å². The van der Waals surface area contributed by atoms with Gasteiger partial charge in [0.15, 0.2) is 0 Å². The number of hydrogen-bond acceptors (Lipinski definition) is 2. The molecule has 2 fully saturated rings. The molecule has 1 amide bonds. The van der Waals surface area contributed by atoms with Crippen LogP contribution in [0.2, 0.25) is 0 Å². The molecule has 0 aromatic rings. The van der Waals surface area contributed by atoms with Crippen LogP contribution in [0.4, 0.5) is 0 Å². The highest BCUT2D eigenvalue weighted by Gasteiger charge is 2.31. The van der Waals surface area contributed by atoms with E-state index in [2.05, 4.69) is 24.5 Å². The minimum absolute atomic E-state index is 0.0431. The van der Waals surface area contributed by atoms with Crippen molar-refractivity contribution < 1.29 is 4.79 Å². The van der Waals surface area contributed by atoms with Crippen LogP contribution in [0.15, 0.2) is 0 Å². The number of carbonyl (C=O) groups excluding carboxylic acids is 1. The Hall–Kier alpha value is -0.570. The maximum atomic E-state index is 12.1. The van der Waals surface area contributed by atoms with Crippen molar-refractivity contribution in [3.8, 4) is 0 Å². The molecule has 0 spiro atoms. The molecular weight excluding hydrogens is 200 g/mol. The van der Waals surface area contributed by atoms with Gasteiger partial charge in [-0.05, 0) is 44.1 Å². The predicted octanol–water partition coefficient (Wildman–Crippen LogP) is 1.68. The van der Waals surface area contributed by atoms with Crippen LogP contribution in [0, 0.1) is 11.8 Å². The van der Waals surface area contributed by atoms with E-state index in [1.54, 1.807) is 0 Å². The molecule has 1 saturated carbocycles. The second-order valence-electron chi connectivity index (χ2n) is 5.57. The summed E-state index contributed by atoms with van der Waals surface area (Å²) in [4.78, 5) is 12.1. The van der Waals surface area contributed by atoms with Gasteiger partial charge in [-0.1, -0.05) is 20.3 Å². The number of amides is 1. The number of carbonyl (C=O) groups is 1. The van der Waals surface area contributed by atoms with E-state index < -0.39 is 0 Å². The minimum Gasteiger partial charge on any atom is -0.352 e. The third kappa shape index (κ3) is 2.57. The summed E-state index contributed by atoms with van der Waals surface area (Å²) in [6, 6.07) is 0.463. The van der Waals surface area contributed by atoms with Crippen molar-refractivity contribution in [2.24, 2.45) is 11.8 Å². The van der Waals surface area contributed by atoms with E-state index in [0.717, 1.165) is 13.0 Å². The van der Waals surface area contributed by atoms with Crippen molar-refractivity contribution in [2.75, 3.05) is 6.54 Å². The van der Waals surface area contributed by atoms with Crippen LogP contribution in [0.3, 0.4) is 0 Å². The van der Waals surface area contributed by atoms with E-state index in [4.69, 9.17) is 0 Å². The van der Waals surface area contributed by atoms with E-state index in [1.807, 2.05) is 0 Å². The Kier molecular flexibility index (Phi) is 3.85.